The third-order valence-electron chi connectivity index (χ3n) is 3.28. The van der Waals surface area contributed by atoms with Crippen LogP contribution in [0.15, 0.2) is 0 Å². The average Bonchev–Trinajstić information content (AvgIpc) is 2.52. The molecule has 14 heteroatoms. The van der Waals surface area contributed by atoms with Gasteiger partial charge in [-0.2, -0.15) is 0 Å². The molecule has 1 fully saturated rings. The van der Waals surface area contributed by atoms with Crippen LogP contribution in [0, 0.1) is 0 Å². The van der Waals surface area contributed by atoms with Crippen molar-refractivity contribution >= 4 is 23.9 Å². The highest BCUT2D eigenvalue weighted by Gasteiger charge is 2.83. The van der Waals surface area contributed by atoms with E-state index in [1.807, 2.05) is 0 Å². The number of carbonyl (C=O) groups is 4. The number of rotatable bonds is 6. The first-order chi connectivity index (χ1) is 12.7. The van der Waals surface area contributed by atoms with Gasteiger partial charge >= 0.3 is 41.4 Å². The van der Waals surface area contributed by atoms with E-state index in [9.17, 15) is 39.6 Å². The molecule has 14 nitrogen and oxygen atoms in total. The van der Waals surface area contributed by atoms with Crippen molar-refractivity contribution in [3.05, 3.63) is 0 Å². The van der Waals surface area contributed by atoms with E-state index in [4.69, 9.17) is 4.74 Å². The summed E-state index contributed by atoms with van der Waals surface area (Å²) in [5.41, 5.74) is 0. The van der Waals surface area contributed by atoms with Gasteiger partial charge in [-0.1, -0.05) is 0 Å². The van der Waals surface area contributed by atoms with Gasteiger partial charge in [-0.05, 0) is 0 Å². The molecular weight excluding hydrogens is 392 g/mol. The monoisotopic (exact) mass is 412 g/mol. The average molecular weight is 412 g/mol. The van der Waals surface area contributed by atoms with Crippen molar-refractivity contribution in [3.8, 4) is 0 Å². The SMILES string of the molecule is CC(=O)OO[C@@]1(OC(C)=O)C(O)(OC(C)=O)O[C@H](CO)[C@@H](O)[C@@]1(O)OC(C)=O. The van der Waals surface area contributed by atoms with Crippen molar-refractivity contribution in [1.82, 2.24) is 0 Å². The Hall–Kier alpha value is -2.36. The van der Waals surface area contributed by atoms with Gasteiger partial charge in [0.05, 0.1) is 6.61 Å². The fourth-order valence-electron chi connectivity index (χ4n) is 2.38. The zero-order valence-electron chi connectivity index (χ0n) is 15.2. The molecule has 1 heterocycles. The molecule has 1 unspecified atom stereocenters. The maximum Gasteiger partial charge on any atom is 0.416 e. The van der Waals surface area contributed by atoms with E-state index in [1.165, 1.54) is 0 Å². The molecule has 1 aliphatic heterocycles. The topological polar surface area (TPSA) is 205 Å². The molecule has 0 radical (unpaired) electrons. The van der Waals surface area contributed by atoms with E-state index in [1.54, 1.807) is 0 Å². The maximum absolute atomic E-state index is 11.6. The van der Waals surface area contributed by atoms with E-state index >= 15 is 0 Å². The summed E-state index contributed by atoms with van der Waals surface area (Å²) in [6.45, 7) is 1.86. The van der Waals surface area contributed by atoms with Gasteiger partial charge in [-0.15, -0.1) is 4.89 Å². The number of ether oxygens (including phenoxy) is 4. The summed E-state index contributed by atoms with van der Waals surface area (Å²) in [5, 5.41) is 41.3. The van der Waals surface area contributed by atoms with Crippen LogP contribution in [0.1, 0.15) is 27.7 Å². The molecule has 0 bridgehead atoms. The van der Waals surface area contributed by atoms with Crippen LogP contribution < -0.4 is 0 Å². The highest BCUT2D eigenvalue weighted by atomic mass is 17.3. The standard InChI is InChI=1S/C14H20O14/c1-6(16)23-12(21)11(20)10(5-15)26-14(22,25-8(3)18)13(12,24-7(2)17)28-27-9(4)19/h10-11,15,20-22H,5H2,1-4H3/t10-,11-,12-,13-,14?/m1/s1. The second-order valence-electron chi connectivity index (χ2n) is 5.62. The number of aliphatic hydroxyl groups is 4. The largest absolute Gasteiger partial charge is 0.422 e. The van der Waals surface area contributed by atoms with Gasteiger partial charge in [-0.25, -0.2) is 4.79 Å². The first-order valence-electron chi connectivity index (χ1n) is 7.61. The highest BCUT2D eigenvalue weighted by Crippen LogP contribution is 2.48. The Morgan fingerprint density at radius 1 is 0.893 bits per heavy atom. The lowest BCUT2D eigenvalue weighted by Crippen LogP contribution is -2.83. The van der Waals surface area contributed by atoms with Crippen molar-refractivity contribution in [3.63, 3.8) is 0 Å². The van der Waals surface area contributed by atoms with Crippen LogP contribution in [-0.4, -0.2) is 80.7 Å². The number of esters is 3. The fraction of sp³-hybridized carbons (Fsp3) is 0.714. The number of hydrogen-bond acceptors (Lipinski definition) is 14. The lowest BCUT2D eigenvalue weighted by molar-refractivity contribution is -0.601. The first kappa shape index (κ1) is 23.7. The Kier molecular flexibility index (Phi) is 7.05. The van der Waals surface area contributed by atoms with Gasteiger partial charge in [0.2, 0.25) is 0 Å². The predicted molar refractivity (Wildman–Crippen MR) is 78.7 cm³/mol. The summed E-state index contributed by atoms with van der Waals surface area (Å²) in [7, 11) is 0. The van der Waals surface area contributed by atoms with Gasteiger partial charge in [0.25, 0.3) is 0 Å². The first-order valence-corrected chi connectivity index (χ1v) is 7.61. The van der Waals surface area contributed by atoms with Crippen molar-refractivity contribution in [2.75, 3.05) is 6.61 Å². The minimum atomic E-state index is -3.69. The molecule has 1 rings (SSSR count). The Bertz CT molecular complexity index is 648. The lowest BCUT2D eigenvalue weighted by Gasteiger charge is -2.54. The maximum atomic E-state index is 11.6. The van der Waals surface area contributed by atoms with Gasteiger partial charge in [0.1, 0.15) is 6.10 Å². The molecule has 5 atom stereocenters. The molecule has 4 N–H and O–H groups in total. The van der Waals surface area contributed by atoms with Crippen LogP contribution in [0.4, 0.5) is 0 Å². The second kappa shape index (κ2) is 8.34. The summed E-state index contributed by atoms with van der Waals surface area (Å²) >= 11 is 0. The molecule has 160 valence electrons. The number of aliphatic hydroxyl groups excluding tert-OH is 2. The van der Waals surface area contributed by atoms with Crippen LogP contribution in [0.5, 0.6) is 0 Å². The minimum absolute atomic E-state index is 0.714. The Balaban J connectivity index is 3.81. The molecule has 0 spiro atoms. The summed E-state index contributed by atoms with van der Waals surface area (Å²) in [6.07, 6.45) is -4.45. The van der Waals surface area contributed by atoms with Crippen LogP contribution >= 0.6 is 0 Å². The molecule has 0 aliphatic carbocycles. The van der Waals surface area contributed by atoms with Crippen LogP contribution in [0.25, 0.3) is 0 Å². The van der Waals surface area contributed by atoms with Gasteiger partial charge in [0.15, 0.2) is 6.10 Å². The van der Waals surface area contributed by atoms with Crippen molar-refractivity contribution < 1.29 is 68.3 Å². The third kappa shape index (κ3) is 4.21. The zero-order chi connectivity index (χ0) is 21.9. The second-order valence-corrected chi connectivity index (χ2v) is 5.62. The third-order valence-corrected chi connectivity index (χ3v) is 3.28. The molecule has 0 aromatic heterocycles. The summed E-state index contributed by atoms with van der Waals surface area (Å²) < 4.78 is 18.6. The normalized spacial score (nSPS) is 34.9. The van der Waals surface area contributed by atoms with E-state index in [0.29, 0.717) is 6.92 Å². The highest BCUT2D eigenvalue weighted by molar-refractivity contribution is 5.69. The van der Waals surface area contributed by atoms with E-state index in [-0.39, 0.29) is 0 Å². The van der Waals surface area contributed by atoms with Crippen molar-refractivity contribution in [2.45, 2.75) is 57.5 Å². The number of hydrogen-bond donors (Lipinski definition) is 4. The van der Waals surface area contributed by atoms with Crippen molar-refractivity contribution in [2.24, 2.45) is 0 Å². The van der Waals surface area contributed by atoms with Crippen LogP contribution in [0.2, 0.25) is 0 Å². The lowest BCUT2D eigenvalue weighted by atomic mass is 9.89. The molecule has 0 amide bonds. The Labute approximate surface area is 157 Å². The molecule has 0 saturated carbocycles. The number of carbonyl (C=O) groups excluding carboxylic acids is 4. The van der Waals surface area contributed by atoms with E-state index in [2.05, 4.69) is 24.0 Å². The summed E-state index contributed by atoms with van der Waals surface area (Å²) in [5.74, 6) is -16.2. The van der Waals surface area contributed by atoms with Gasteiger partial charge in [-0.3, -0.25) is 19.3 Å². The minimum Gasteiger partial charge on any atom is -0.422 e. The molecule has 0 aromatic rings. The smallest absolute Gasteiger partial charge is 0.416 e. The van der Waals surface area contributed by atoms with E-state index in [0.717, 1.165) is 20.8 Å². The molecule has 1 saturated heterocycles. The van der Waals surface area contributed by atoms with Gasteiger partial charge in [0, 0.05) is 27.7 Å². The Morgan fingerprint density at radius 2 is 1.39 bits per heavy atom. The fourth-order valence-corrected chi connectivity index (χ4v) is 2.38. The summed E-state index contributed by atoms with van der Waals surface area (Å²) in [6, 6.07) is 0. The quantitative estimate of drug-likeness (QED) is 0.112. The predicted octanol–water partition coefficient (Wildman–Crippen LogP) is -3.05. The van der Waals surface area contributed by atoms with Crippen molar-refractivity contribution in [1.29, 1.82) is 0 Å². The van der Waals surface area contributed by atoms with E-state index < -0.39 is 60.2 Å². The van der Waals surface area contributed by atoms with Crippen LogP contribution in [0.3, 0.4) is 0 Å². The molecule has 0 aromatic carbocycles. The molecule has 1 aliphatic rings. The van der Waals surface area contributed by atoms with Crippen LogP contribution in [-0.2, 0) is 47.9 Å². The molecular formula is C14H20O14. The Morgan fingerprint density at radius 3 is 1.79 bits per heavy atom. The molecule has 28 heavy (non-hydrogen) atoms. The summed E-state index contributed by atoms with van der Waals surface area (Å²) in [4.78, 5) is 54.5. The zero-order valence-corrected chi connectivity index (χ0v) is 15.2. The van der Waals surface area contributed by atoms with Gasteiger partial charge < -0.3 is 39.4 Å².